The SMILES string of the molecule is C[C@@H]1C[C@@H](C)CN(S(=O)(=O)c2ccc(NC(=O)COC(=O)C3CCCC3)cc2)C1. The third kappa shape index (κ3) is 5.57. The van der Waals surface area contributed by atoms with Gasteiger partial charge < -0.3 is 10.1 Å². The molecule has 3 rings (SSSR count). The van der Waals surface area contributed by atoms with Crippen LogP contribution >= 0.6 is 0 Å². The Labute approximate surface area is 172 Å². The molecule has 1 amide bonds. The van der Waals surface area contributed by atoms with Crippen LogP contribution in [0.5, 0.6) is 0 Å². The summed E-state index contributed by atoms with van der Waals surface area (Å²) in [5.41, 5.74) is 0.464. The molecule has 160 valence electrons. The molecule has 1 saturated carbocycles. The van der Waals surface area contributed by atoms with E-state index in [0.717, 1.165) is 32.1 Å². The van der Waals surface area contributed by atoms with E-state index in [9.17, 15) is 18.0 Å². The zero-order valence-electron chi connectivity index (χ0n) is 17.1. The van der Waals surface area contributed by atoms with E-state index < -0.39 is 15.9 Å². The van der Waals surface area contributed by atoms with E-state index in [1.807, 2.05) is 0 Å². The number of hydrogen-bond acceptors (Lipinski definition) is 5. The fourth-order valence-electron chi connectivity index (χ4n) is 4.27. The summed E-state index contributed by atoms with van der Waals surface area (Å²) in [4.78, 5) is 24.1. The minimum Gasteiger partial charge on any atom is -0.455 e. The number of rotatable bonds is 6. The average Bonchev–Trinajstić information content (AvgIpc) is 3.21. The monoisotopic (exact) mass is 422 g/mol. The van der Waals surface area contributed by atoms with E-state index in [1.54, 1.807) is 16.4 Å². The maximum absolute atomic E-state index is 12.9. The Hall–Kier alpha value is -1.93. The first kappa shape index (κ1) is 21.8. The van der Waals surface area contributed by atoms with Gasteiger partial charge in [-0.3, -0.25) is 9.59 Å². The number of sulfonamides is 1. The van der Waals surface area contributed by atoms with Crippen molar-refractivity contribution in [2.75, 3.05) is 25.0 Å². The molecule has 0 spiro atoms. The Morgan fingerprint density at radius 3 is 2.24 bits per heavy atom. The molecular weight excluding hydrogens is 392 g/mol. The Morgan fingerprint density at radius 2 is 1.66 bits per heavy atom. The van der Waals surface area contributed by atoms with Gasteiger partial charge in [-0.1, -0.05) is 26.7 Å². The summed E-state index contributed by atoms with van der Waals surface area (Å²) >= 11 is 0. The van der Waals surface area contributed by atoms with E-state index >= 15 is 0 Å². The van der Waals surface area contributed by atoms with Crippen molar-refractivity contribution in [1.82, 2.24) is 4.31 Å². The summed E-state index contributed by atoms with van der Waals surface area (Å²) in [6, 6.07) is 6.11. The van der Waals surface area contributed by atoms with Crippen LogP contribution in [0.4, 0.5) is 5.69 Å². The van der Waals surface area contributed by atoms with Crippen LogP contribution in [0.3, 0.4) is 0 Å². The third-order valence-electron chi connectivity index (χ3n) is 5.65. The topological polar surface area (TPSA) is 92.8 Å². The minimum atomic E-state index is -3.55. The maximum atomic E-state index is 12.9. The van der Waals surface area contributed by atoms with Gasteiger partial charge in [-0.05, 0) is 55.4 Å². The first-order valence-electron chi connectivity index (χ1n) is 10.3. The number of anilines is 1. The molecule has 0 bridgehead atoms. The highest BCUT2D eigenvalue weighted by Gasteiger charge is 2.31. The average molecular weight is 423 g/mol. The molecule has 7 nitrogen and oxygen atoms in total. The molecule has 1 saturated heterocycles. The van der Waals surface area contributed by atoms with Crippen LogP contribution in [0.2, 0.25) is 0 Å². The van der Waals surface area contributed by atoms with Gasteiger partial charge in [0.2, 0.25) is 10.0 Å². The smallest absolute Gasteiger partial charge is 0.309 e. The lowest BCUT2D eigenvalue weighted by atomic mass is 9.94. The number of carbonyl (C=O) groups excluding carboxylic acids is 2. The number of nitrogens with zero attached hydrogens (tertiary/aromatic N) is 1. The van der Waals surface area contributed by atoms with E-state index in [1.165, 1.54) is 12.1 Å². The molecule has 1 aliphatic carbocycles. The number of nitrogens with one attached hydrogen (secondary N) is 1. The van der Waals surface area contributed by atoms with Crippen molar-refractivity contribution in [3.05, 3.63) is 24.3 Å². The van der Waals surface area contributed by atoms with E-state index in [-0.39, 0.29) is 23.4 Å². The van der Waals surface area contributed by atoms with Crippen LogP contribution in [0, 0.1) is 17.8 Å². The zero-order chi connectivity index (χ0) is 21.0. The quantitative estimate of drug-likeness (QED) is 0.712. The Balaban J connectivity index is 1.55. The highest BCUT2D eigenvalue weighted by Crippen LogP contribution is 2.27. The van der Waals surface area contributed by atoms with Crippen LogP contribution in [-0.2, 0) is 24.3 Å². The van der Waals surface area contributed by atoms with Crippen LogP contribution in [-0.4, -0.2) is 44.3 Å². The molecule has 1 aromatic rings. The number of benzene rings is 1. The molecule has 1 N–H and O–H groups in total. The lowest BCUT2D eigenvalue weighted by Crippen LogP contribution is -2.42. The summed E-state index contributed by atoms with van der Waals surface area (Å²) in [6.45, 7) is 4.85. The molecular formula is C21H30N2O5S. The molecule has 0 radical (unpaired) electrons. The van der Waals surface area contributed by atoms with Crippen molar-refractivity contribution < 1.29 is 22.7 Å². The molecule has 29 heavy (non-hydrogen) atoms. The van der Waals surface area contributed by atoms with Crippen LogP contribution in [0.25, 0.3) is 0 Å². The molecule has 1 heterocycles. The van der Waals surface area contributed by atoms with Crippen molar-refractivity contribution >= 4 is 27.6 Å². The fraction of sp³-hybridized carbons (Fsp3) is 0.619. The first-order valence-corrected chi connectivity index (χ1v) is 11.8. The van der Waals surface area contributed by atoms with Gasteiger partial charge in [-0.15, -0.1) is 0 Å². The Morgan fingerprint density at radius 1 is 1.07 bits per heavy atom. The summed E-state index contributed by atoms with van der Waals surface area (Å²) in [6.07, 6.45) is 4.73. The van der Waals surface area contributed by atoms with E-state index in [2.05, 4.69) is 19.2 Å². The third-order valence-corrected chi connectivity index (χ3v) is 7.49. The van der Waals surface area contributed by atoms with Crippen LogP contribution in [0.15, 0.2) is 29.2 Å². The van der Waals surface area contributed by atoms with Crippen molar-refractivity contribution in [1.29, 1.82) is 0 Å². The summed E-state index contributed by atoms with van der Waals surface area (Å²) < 4.78 is 32.4. The van der Waals surface area contributed by atoms with Crippen molar-refractivity contribution in [2.45, 2.75) is 50.8 Å². The zero-order valence-corrected chi connectivity index (χ0v) is 17.9. The van der Waals surface area contributed by atoms with Crippen LogP contribution in [0.1, 0.15) is 46.0 Å². The number of hydrogen-bond donors (Lipinski definition) is 1. The standard InChI is InChI=1S/C21H30N2O5S/c1-15-11-16(2)13-23(12-15)29(26,27)19-9-7-18(8-10-19)22-20(24)14-28-21(25)17-5-3-4-6-17/h7-10,15-17H,3-6,11-14H2,1-2H3,(H,22,24)/t15-,16-/m1/s1. The van der Waals surface area contributed by atoms with Crippen LogP contribution < -0.4 is 5.32 Å². The minimum absolute atomic E-state index is 0.0903. The van der Waals surface area contributed by atoms with E-state index in [4.69, 9.17) is 4.74 Å². The second-order valence-corrected chi connectivity index (χ2v) is 10.4. The predicted octanol–water partition coefficient (Wildman–Crippen LogP) is 3.03. The molecule has 8 heteroatoms. The second kappa shape index (κ2) is 9.26. The molecule has 0 aromatic heterocycles. The number of esters is 1. The van der Waals surface area contributed by atoms with Crippen molar-refractivity contribution in [2.24, 2.45) is 17.8 Å². The molecule has 1 aliphatic heterocycles. The fourth-order valence-corrected chi connectivity index (χ4v) is 5.95. The normalized spacial score (nSPS) is 23.7. The maximum Gasteiger partial charge on any atom is 0.309 e. The number of ether oxygens (including phenoxy) is 1. The van der Waals surface area contributed by atoms with Gasteiger partial charge in [-0.25, -0.2) is 8.42 Å². The lowest BCUT2D eigenvalue weighted by Gasteiger charge is -2.34. The van der Waals surface area contributed by atoms with Gasteiger partial charge in [0.1, 0.15) is 0 Å². The molecule has 2 aliphatic rings. The van der Waals surface area contributed by atoms with Crippen molar-refractivity contribution in [3.8, 4) is 0 Å². The predicted molar refractivity (Wildman–Crippen MR) is 110 cm³/mol. The van der Waals surface area contributed by atoms with Gasteiger partial charge >= 0.3 is 5.97 Å². The highest BCUT2D eigenvalue weighted by atomic mass is 32.2. The van der Waals surface area contributed by atoms with Gasteiger partial charge in [-0.2, -0.15) is 4.31 Å². The summed E-state index contributed by atoms with van der Waals surface area (Å²) in [5.74, 6) is -0.180. The van der Waals surface area contributed by atoms with Gasteiger partial charge in [0, 0.05) is 18.8 Å². The Kier molecular flexibility index (Phi) is 6.95. The number of piperidine rings is 1. The molecule has 1 aromatic carbocycles. The number of carbonyl (C=O) groups is 2. The number of amides is 1. The summed E-state index contributed by atoms with van der Waals surface area (Å²) in [7, 11) is -3.55. The summed E-state index contributed by atoms with van der Waals surface area (Å²) in [5, 5.41) is 2.64. The highest BCUT2D eigenvalue weighted by molar-refractivity contribution is 7.89. The van der Waals surface area contributed by atoms with Gasteiger partial charge in [0.15, 0.2) is 6.61 Å². The van der Waals surface area contributed by atoms with Crippen molar-refractivity contribution in [3.63, 3.8) is 0 Å². The molecule has 2 atom stereocenters. The largest absolute Gasteiger partial charge is 0.455 e. The lowest BCUT2D eigenvalue weighted by molar-refractivity contribution is -0.151. The van der Waals surface area contributed by atoms with E-state index in [0.29, 0.717) is 30.6 Å². The second-order valence-electron chi connectivity index (χ2n) is 8.43. The van der Waals surface area contributed by atoms with Gasteiger partial charge in [0.05, 0.1) is 10.8 Å². The molecule has 0 unspecified atom stereocenters. The first-order chi connectivity index (χ1) is 13.8. The van der Waals surface area contributed by atoms with Gasteiger partial charge in [0.25, 0.3) is 5.91 Å². The molecule has 2 fully saturated rings. The Bertz CT molecular complexity index is 821.